The van der Waals surface area contributed by atoms with Gasteiger partial charge in [0, 0.05) is 24.7 Å². The van der Waals surface area contributed by atoms with Crippen molar-refractivity contribution >= 4 is 17.8 Å². The predicted molar refractivity (Wildman–Crippen MR) is 144 cm³/mol. The maximum absolute atomic E-state index is 12.9. The smallest absolute Gasteiger partial charge is 0.326 e. The minimum Gasteiger partial charge on any atom is -0.480 e. The lowest BCUT2D eigenvalue weighted by atomic mass is 9.97. The second kappa shape index (κ2) is 19.8. The molecule has 0 radical (unpaired) electrons. The first-order chi connectivity index (χ1) is 17.4. The predicted octanol–water partition coefficient (Wildman–Crippen LogP) is 5.53. The van der Waals surface area contributed by atoms with Crippen LogP contribution >= 0.6 is 0 Å². The van der Waals surface area contributed by atoms with Gasteiger partial charge in [-0.15, -0.1) is 0 Å². The molecule has 0 unspecified atom stereocenters. The highest BCUT2D eigenvalue weighted by atomic mass is 16.4. The molecule has 0 fully saturated rings. The summed E-state index contributed by atoms with van der Waals surface area (Å²) in [5.74, 6) is -1.85. The summed E-state index contributed by atoms with van der Waals surface area (Å²) in [6.45, 7) is 6.09. The normalized spacial score (nSPS) is 13.6. The quantitative estimate of drug-likeness (QED) is 0.154. The van der Waals surface area contributed by atoms with Gasteiger partial charge in [0.15, 0.2) is 0 Å². The highest BCUT2D eigenvalue weighted by Gasteiger charge is 2.30. The van der Waals surface area contributed by atoms with Crippen molar-refractivity contribution in [2.24, 2.45) is 5.92 Å². The number of nitrogens with zero attached hydrogens (tertiary/aromatic N) is 1. The summed E-state index contributed by atoms with van der Waals surface area (Å²) in [5, 5.41) is 15.0. The van der Waals surface area contributed by atoms with Crippen LogP contribution < -0.4 is 10.6 Å². The minimum absolute atomic E-state index is 0.0984. The van der Waals surface area contributed by atoms with E-state index in [0.717, 1.165) is 19.3 Å². The fraction of sp³-hybridized carbons (Fsp3) is 0.786. The van der Waals surface area contributed by atoms with Gasteiger partial charge in [0.1, 0.15) is 12.1 Å². The van der Waals surface area contributed by atoms with E-state index in [2.05, 4.69) is 27.5 Å². The van der Waals surface area contributed by atoms with E-state index < -0.39 is 24.0 Å². The zero-order chi connectivity index (χ0) is 26.6. The van der Waals surface area contributed by atoms with Crippen LogP contribution in [0.3, 0.4) is 0 Å². The Labute approximate surface area is 217 Å². The van der Waals surface area contributed by atoms with Crippen LogP contribution in [0.25, 0.3) is 0 Å². The molecule has 1 heterocycles. The molecule has 0 saturated carbocycles. The van der Waals surface area contributed by atoms with Crippen LogP contribution in [0.2, 0.25) is 0 Å². The highest BCUT2D eigenvalue weighted by molar-refractivity contribution is 5.90. The number of nitrogens with one attached hydrogen (secondary N) is 3. The number of unbranched alkanes of at least 4 members (excludes halogenated alkanes) is 12. The standard InChI is InChI=1S/C28H50N4O4/c1-4-6-7-8-9-10-11-12-13-14-15-16-17-18-25(33)32-26(22(3)5-2)27(34)31-24(28(35)36)19-23-20-29-21-30-23/h20-22,24,26H,4-19H2,1-3H3,(H,29,30)(H,31,34)(H,32,33)(H,35,36)/t22-,24-,26-/m0/s1. The summed E-state index contributed by atoms with van der Waals surface area (Å²) in [5.41, 5.74) is 0.620. The molecule has 1 aromatic heterocycles. The number of carboxylic acid groups (broad SMARTS) is 1. The first-order valence-electron chi connectivity index (χ1n) is 14.2. The number of hydrogen-bond donors (Lipinski definition) is 4. The molecule has 206 valence electrons. The van der Waals surface area contributed by atoms with Gasteiger partial charge < -0.3 is 20.7 Å². The van der Waals surface area contributed by atoms with Crippen LogP contribution in [0.1, 0.15) is 123 Å². The number of rotatable bonds is 22. The van der Waals surface area contributed by atoms with Crippen molar-refractivity contribution in [3.8, 4) is 0 Å². The Morgan fingerprint density at radius 3 is 1.92 bits per heavy atom. The van der Waals surface area contributed by atoms with Crippen molar-refractivity contribution in [3.63, 3.8) is 0 Å². The van der Waals surface area contributed by atoms with Crippen molar-refractivity contribution in [1.82, 2.24) is 20.6 Å². The lowest BCUT2D eigenvalue weighted by Gasteiger charge is -2.25. The third-order valence-electron chi connectivity index (χ3n) is 6.91. The third kappa shape index (κ3) is 14.2. The number of carbonyl (C=O) groups excluding carboxylic acids is 2. The van der Waals surface area contributed by atoms with E-state index in [-0.39, 0.29) is 18.2 Å². The molecule has 0 aliphatic heterocycles. The number of carbonyl (C=O) groups is 3. The van der Waals surface area contributed by atoms with Crippen LogP contribution in [0.15, 0.2) is 12.5 Å². The molecule has 0 aliphatic rings. The molecule has 0 aromatic carbocycles. The van der Waals surface area contributed by atoms with Gasteiger partial charge in [-0.3, -0.25) is 9.59 Å². The largest absolute Gasteiger partial charge is 0.480 e. The molecule has 0 bridgehead atoms. The molecule has 8 nitrogen and oxygen atoms in total. The molecule has 0 saturated heterocycles. The second-order valence-corrected chi connectivity index (χ2v) is 10.1. The van der Waals surface area contributed by atoms with E-state index in [1.54, 1.807) is 0 Å². The minimum atomic E-state index is -1.13. The van der Waals surface area contributed by atoms with E-state index in [4.69, 9.17) is 0 Å². The number of carboxylic acids is 1. The molecule has 8 heteroatoms. The summed E-state index contributed by atoms with van der Waals surface area (Å²) < 4.78 is 0. The van der Waals surface area contributed by atoms with Crippen LogP contribution in [-0.4, -0.2) is 44.9 Å². The average Bonchev–Trinajstić information content (AvgIpc) is 3.37. The summed E-state index contributed by atoms with van der Waals surface area (Å²) in [6.07, 6.45) is 20.4. The average molecular weight is 507 g/mol. The molecular weight excluding hydrogens is 456 g/mol. The molecule has 4 N–H and O–H groups in total. The number of amides is 2. The van der Waals surface area contributed by atoms with Gasteiger partial charge in [0.05, 0.1) is 6.33 Å². The molecule has 3 atom stereocenters. The summed E-state index contributed by atoms with van der Waals surface area (Å²) >= 11 is 0. The molecule has 1 aromatic rings. The zero-order valence-corrected chi connectivity index (χ0v) is 22.8. The van der Waals surface area contributed by atoms with Gasteiger partial charge in [-0.05, 0) is 12.3 Å². The number of hydrogen-bond acceptors (Lipinski definition) is 4. The van der Waals surface area contributed by atoms with Crippen molar-refractivity contribution in [1.29, 1.82) is 0 Å². The number of imidazole rings is 1. The van der Waals surface area contributed by atoms with E-state index in [1.165, 1.54) is 76.7 Å². The fourth-order valence-electron chi connectivity index (χ4n) is 4.33. The second-order valence-electron chi connectivity index (χ2n) is 10.1. The Bertz CT molecular complexity index is 723. The van der Waals surface area contributed by atoms with Gasteiger partial charge >= 0.3 is 5.97 Å². The maximum atomic E-state index is 12.9. The first-order valence-corrected chi connectivity index (χ1v) is 14.2. The van der Waals surface area contributed by atoms with E-state index in [1.807, 2.05) is 13.8 Å². The molecule has 36 heavy (non-hydrogen) atoms. The Kier molecular flexibility index (Phi) is 17.4. The topological polar surface area (TPSA) is 124 Å². The SMILES string of the molecule is CCCCCCCCCCCCCCCC(=O)N[C@H](C(=O)N[C@@H](Cc1cnc[nH]1)C(=O)O)[C@@H](C)CC. The summed E-state index contributed by atoms with van der Waals surface area (Å²) in [6, 6.07) is -1.85. The molecule has 0 aliphatic carbocycles. The molecular formula is C28H50N4O4. The number of aromatic amines is 1. The third-order valence-corrected chi connectivity index (χ3v) is 6.91. The van der Waals surface area contributed by atoms with E-state index in [0.29, 0.717) is 18.5 Å². The van der Waals surface area contributed by atoms with Gasteiger partial charge in [0.25, 0.3) is 0 Å². The Morgan fingerprint density at radius 2 is 1.44 bits per heavy atom. The van der Waals surface area contributed by atoms with Gasteiger partial charge in [-0.1, -0.05) is 104 Å². The van der Waals surface area contributed by atoms with Crippen LogP contribution in [0, 0.1) is 5.92 Å². The monoisotopic (exact) mass is 506 g/mol. The number of aromatic nitrogens is 2. The Hall–Kier alpha value is -2.38. The zero-order valence-electron chi connectivity index (χ0n) is 22.8. The lowest BCUT2D eigenvalue weighted by molar-refractivity contribution is -0.142. The van der Waals surface area contributed by atoms with E-state index >= 15 is 0 Å². The lowest BCUT2D eigenvalue weighted by Crippen LogP contribution is -2.54. The van der Waals surface area contributed by atoms with E-state index in [9.17, 15) is 19.5 Å². The molecule has 1 rings (SSSR count). The Balaban J connectivity index is 2.28. The van der Waals surface area contributed by atoms with Crippen molar-refractivity contribution in [3.05, 3.63) is 18.2 Å². The van der Waals surface area contributed by atoms with Crippen LogP contribution in [0.5, 0.6) is 0 Å². The Morgan fingerprint density at radius 1 is 0.889 bits per heavy atom. The van der Waals surface area contributed by atoms with Crippen molar-refractivity contribution in [2.45, 2.75) is 136 Å². The maximum Gasteiger partial charge on any atom is 0.326 e. The molecule has 2 amide bonds. The van der Waals surface area contributed by atoms with Crippen LogP contribution in [-0.2, 0) is 20.8 Å². The van der Waals surface area contributed by atoms with Gasteiger partial charge in [-0.25, -0.2) is 9.78 Å². The van der Waals surface area contributed by atoms with Crippen LogP contribution in [0.4, 0.5) is 0 Å². The van der Waals surface area contributed by atoms with Crippen molar-refractivity contribution in [2.75, 3.05) is 0 Å². The first kappa shape index (κ1) is 31.6. The summed E-state index contributed by atoms with van der Waals surface area (Å²) in [7, 11) is 0. The van der Waals surface area contributed by atoms with Gasteiger partial charge in [-0.2, -0.15) is 0 Å². The number of H-pyrrole nitrogens is 1. The number of aliphatic carboxylic acids is 1. The van der Waals surface area contributed by atoms with Gasteiger partial charge in [0.2, 0.25) is 11.8 Å². The highest BCUT2D eigenvalue weighted by Crippen LogP contribution is 2.14. The fourth-order valence-corrected chi connectivity index (χ4v) is 4.33. The summed E-state index contributed by atoms with van der Waals surface area (Å²) in [4.78, 5) is 43.8. The van der Waals surface area contributed by atoms with Crippen molar-refractivity contribution < 1.29 is 19.5 Å². The molecule has 0 spiro atoms.